The predicted molar refractivity (Wildman–Crippen MR) is 66.3 cm³/mol. The third-order valence-electron chi connectivity index (χ3n) is 2.96. The van der Waals surface area contributed by atoms with E-state index in [-0.39, 0.29) is 24.4 Å². The molecule has 0 aromatic carbocycles. The molecule has 2 N–H and O–H groups in total. The monoisotopic (exact) mass is 279 g/mol. The van der Waals surface area contributed by atoms with E-state index in [2.05, 4.69) is 10.3 Å². The Morgan fingerprint density at radius 2 is 2.30 bits per heavy atom. The molecule has 0 spiro atoms. The third-order valence-corrected chi connectivity index (χ3v) is 2.96. The highest BCUT2D eigenvalue weighted by Gasteiger charge is 2.36. The molecule has 0 radical (unpaired) electrons. The van der Waals surface area contributed by atoms with Crippen LogP contribution in [-0.2, 0) is 9.59 Å². The molecule has 2 heterocycles. The quantitative estimate of drug-likeness (QED) is 0.743. The number of carboxylic acid groups (broad SMARTS) is 1. The summed E-state index contributed by atoms with van der Waals surface area (Å²) < 4.78 is 5.02. The zero-order chi connectivity index (χ0) is 14.7. The van der Waals surface area contributed by atoms with Crippen LogP contribution in [0.15, 0.2) is 18.5 Å². The van der Waals surface area contributed by atoms with Crippen molar-refractivity contribution in [2.24, 2.45) is 0 Å². The molecule has 1 aromatic heterocycles. The Balaban J connectivity index is 2.33. The lowest BCUT2D eigenvalue weighted by molar-refractivity contribution is -0.144. The van der Waals surface area contributed by atoms with Gasteiger partial charge in [-0.1, -0.05) is 0 Å². The maximum absolute atomic E-state index is 12.4. The first kappa shape index (κ1) is 13.8. The molecule has 1 aliphatic rings. The number of amides is 2. The van der Waals surface area contributed by atoms with Gasteiger partial charge in [0, 0.05) is 12.7 Å². The minimum atomic E-state index is -1.17. The van der Waals surface area contributed by atoms with E-state index in [1.807, 2.05) is 0 Å². The molecular formula is C12H13N3O5. The standard InChI is InChI=1S/C12H13N3O5/c1-20-9-5-13-3-2-7(9)11(17)15-6-10(16)14-4-8(15)12(18)19/h2-3,5,8H,4,6H2,1H3,(H,14,16)(H,18,19). The Hall–Kier alpha value is -2.64. The molecule has 0 saturated carbocycles. The van der Waals surface area contributed by atoms with Gasteiger partial charge in [-0.15, -0.1) is 0 Å². The summed E-state index contributed by atoms with van der Waals surface area (Å²) in [5, 5.41) is 11.5. The first-order chi connectivity index (χ1) is 9.54. The summed E-state index contributed by atoms with van der Waals surface area (Å²) in [6.07, 6.45) is 2.75. The van der Waals surface area contributed by atoms with Crippen molar-refractivity contribution in [2.75, 3.05) is 20.2 Å². The van der Waals surface area contributed by atoms with Crippen LogP contribution in [0.25, 0.3) is 0 Å². The summed E-state index contributed by atoms with van der Waals surface area (Å²) >= 11 is 0. The minimum absolute atomic E-state index is 0.118. The summed E-state index contributed by atoms with van der Waals surface area (Å²) in [6, 6.07) is 0.324. The fourth-order valence-corrected chi connectivity index (χ4v) is 1.95. The second kappa shape index (κ2) is 5.55. The van der Waals surface area contributed by atoms with Crippen LogP contribution < -0.4 is 10.1 Å². The van der Waals surface area contributed by atoms with Crippen LogP contribution in [0.4, 0.5) is 0 Å². The number of carbonyl (C=O) groups excluding carboxylic acids is 2. The molecule has 0 aliphatic carbocycles. The van der Waals surface area contributed by atoms with Crippen LogP contribution >= 0.6 is 0 Å². The first-order valence-electron chi connectivity index (χ1n) is 5.83. The van der Waals surface area contributed by atoms with Crippen molar-refractivity contribution in [3.8, 4) is 5.75 Å². The topological polar surface area (TPSA) is 109 Å². The summed E-state index contributed by atoms with van der Waals surface area (Å²) in [7, 11) is 1.38. The number of ether oxygens (including phenoxy) is 1. The molecule has 20 heavy (non-hydrogen) atoms. The van der Waals surface area contributed by atoms with Gasteiger partial charge >= 0.3 is 5.97 Å². The van der Waals surface area contributed by atoms with E-state index in [9.17, 15) is 14.4 Å². The van der Waals surface area contributed by atoms with Crippen molar-refractivity contribution >= 4 is 17.8 Å². The van der Waals surface area contributed by atoms with Gasteiger partial charge in [-0.3, -0.25) is 14.6 Å². The average molecular weight is 279 g/mol. The Morgan fingerprint density at radius 1 is 1.55 bits per heavy atom. The van der Waals surface area contributed by atoms with E-state index in [1.54, 1.807) is 0 Å². The van der Waals surface area contributed by atoms with Gasteiger partial charge in [0.15, 0.2) is 0 Å². The molecule has 2 amide bonds. The Morgan fingerprint density at radius 3 is 2.95 bits per heavy atom. The van der Waals surface area contributed by atoms with Crippen molar-refractivity contribution in [1.29, 1.82) is 0 Å². The number of hydrogen-bond donors (Lipinski definition) is 2. The number of nitrogens with zero attached hydrogens (tertiary/aromatic N) is 2. The largest absolute Gasteiger partial charge is 0.494 e. The number of methoxy groups -OCH3 is 1. The Bertz CT molecular complexity index is 560. The molecule has 2 rings (SSSR count). The van der Waals surface area contributed by atoms with Gasteiger partial charge < -0.3 is 20.1 Å². The van der Waals surface area contributed by atoms with Crippen molar-refractivity contribution in [1.82, 2.24) is 15.2 Å². The number of rotatable bonds is 3. The van der Waals surface area contributed by atoms with Gasteiger partial charge in [0.1, 0.15) is 18.3 Å². The minimum Gasteiger partial charge on any atom is -0.494 e. The lowest BCUT2D eigenvalue weighted by Crippen LogP contribution is -2.59. The van der Waals surface area contributed by atoms with Crippen molar-refractivity contribution in [3.05, 3.63) is 24.0 Å². The van der Waals surface area contributed by atoms with Gasteiger partial charge in [0.25, 0.3) is 5.91 Å². The molecule has 1 unspecified atom stereocenters. The Labute approximate surface area is 114 Å². The smallest absolute Gasteiger partial charge is 0.328 e. The lowest BCUT2D eigenvalue weighted by Gasteiger charge is -2.32. The molecule has 106 valence electrons. The lowest BCUT2D eigenvalue weighted by atomic mass is 10.1. The number of aliphatic carboxylic acids is 1. The van der Waals surface area contributed by atoms with E-state index in [4.69, 9.17) is 9.84 Å². The second-order valence-electron chi connectivity index (χ2n) is 4.17. The van der Waals surface area contributed by atoms with Gasteiger partial charge in [-0.25, -0.2) is 4.79 Å². The Kier molecular flexibility index (Phi) is 3.83. The number of hydrogen-bond acceptors (Lipinski definition) is 5. The molecule has 8 heteroatoms. The maximum atomic E-state index is 12.4. The van der Waals surface area contributed by atoms with Crippen LogP contribution in [-0.4, -0.2) is 59.0 Å². The molecule has 1 aliphatic heterocycles. The maximum Gasteiger partial charge on any atom is 0.328 e. The fourth-order valence-electron chi connectivity index (χ4n) is 1.95. The number of aromatic nitrogens is 1. The van der Waals surface area contributed by atoms with Crippen molar-refractivity contribution in [3.63, 3.8) is 0 Å². The number of carboxylic acids is 1. The highest BCUT2D eigenvalue weighted by Crippen LogP contribution is 2.20. The summed E-state index contributed by atoms with van der Waals surface area (Å²) in [5.41, 5.74) is 0.170. The first-order valence-corrected chi connectivity index (χ1v) is 5.83. The summed E-state index contributed by atoms with van der Waals surface area (Å²) in [5.74, 6) is -1.92. The van der Waals surface area contributed by atoms with E-state index in [0.717, 1.165) is 4.90 Å². The number of piperazine rings is 1. The highest BCUT2D eigenvalue weighted by molar-refractivity contribution is 6.01. The average Bonchev–Trinajstić information content (AvgIpc) is 2.46. The van der Waals surface area contributed by atoms with Gasteiger partial charge in [0.2, 0.25) is 5.91 Å². The molecular weight excluding hydrogens is 266 g/mol. The zero-order valence-electron chi connectivity index (χ0n) is 10.7. The van der Waals surface area contributed by atoms with Crippen LogP contribution in [0.3, 0.4) is 0 Å². The van der Waals surface area contributed by atoms with Crippen LogP contribution in [0.1, 0.15) is 10.4 Å². The van der Waals surface area contributed by atoms with Crippen molar-refractivity contribution < 1.29 is 24.2 Å². The second-order valence-corrected chi connectivity index (χ2v) is 4.17. The van der Waals surface area contributed by atoms with Crippen LogP contribution in [0.5, 0.6) is 5.75 Å². The van der Waals surface area contributed by atoms with E-state index >= 15 is 0 Å². The van der Waals surface area contributed by atoms with Gasteiger partial charge in [0.05, 0.1) is 18.9 Å². The normalized spacial score (nSPS) is 18.4. The molecule has 1 aromatic rings. The number of carbonyl (C=O) groups is 3. The van der Waals surface area contributed by atoms with E-state index < -0.39 is 23.8 Å². The van der Waals surface area contributed by atoms with Crippen LogP contribution in [0, 0.1) is 0 Å². The van der Waals surface area contributed by atoms with Crippen LogP contribution in [0.2, 0.25) is 0 Å². The van der Waals surface area contributed by atoms with E-state index in [0.29, 0.717) is 0 Å². The van der Waals surface area contributed by atoms with E-state index in [1.165, 1.54) is 25.6 Å². The molecule has 1 fully saturated rings. The molecule has 1 atom stereocenters. The highest BCUT2D eigenvalue weighted by atomic mass is 16.5. The number of pyridine rings is 1. The summed E-state index contributed by atoms with van der Waals surface area (Å²) in [4.78, 5) is 39.8. The van der Waals surface area contributed by atoms with Crippen molar-refractivity contribution in [2.45, 2.75) is 6.04 Å². The van der Waals surface area contributed by atoms with Gasteiger partial charge in [-0.05, 0) is 6.07 Å². The SMILES string of the molecule is COc1cnccc1C(=O)N1CC(=O)NCC1C(=O)O. The number of nitrogens with one attached hydrogen (secondary N) is 1. The third kappa shape index (κ3) is 2.53. The van der Waals surface area contributed by atoms with Gasteiger partial charge in [-0.2, -0.15) is 0 Å². The molecule has 8 nitrogen and oxygen atoms in total. The molecule has 0 bridgehead atoms. The summed E-state index contributed by atoms with van der Waals surface area (Å²) in [6.45, 7) is -0.422. The molecule has 1 saturated heterocycles. The fraction of sp³-hybridized carbons (Fsp3) is 0.333. The zero-order valence-corrected chi connectivity index (χ0v) is 10.7. The predicted octanol–water partition coefficient (Wildman–Crippen LogP) is -0.885.